The third-order valence-corrected chi connectivity index (χ3v) is 3.64. The SMILES string of the molecule is CCn1ccnc1CC(NN)c1cc(Cl)ccc1Cl. The fraction of sp³-hybridized carbons (Fsp3) is 0.308. The van der Waals surface area contributed by atoms with Crippen molar-refractivity contribution in [3.63, 3.8) is 0 Å². The van der Waals surface area contributed by atoms with Gasteiger partial charge in [-0.05, 0) is 30.7 Å². The molecule has 0 spiro atoms. The van der Waals surface area contributed by atoms with Crippen molar-refractivity contribution in [1.82, 2.24) is 15.0 Å². The Labute approximate surface area is 122 Å². The van der Waals surface area contributed by atoms with E-state index in [1.165, 1.54) is 0 Å². The first-order chi connectivity index (χ1) is 9.15. The molecule has 2 aromatic rings. The molecule has 1 aromatic carbocycles. The van der Waals surface area contributed by atoms with Crippen LogP contribution in [0, 0.1) is 0 Å². The molecule has 0 aliphatic heterocycles. The molecule has 102 valence electrons. The molecule has 0 aliphatic rings. The van der Waals surface area contributed by atoms with Gasteiger partial charge in [0.25, 0.3) is 0 Å². The molecule has 0 aliphatic carbocycles. The molecule has 1 unspecified atom stereocenters. The second-order valence-corrected chi connectivity index (χ2v) is 5.06. The van der Waals surface area contributed by atoms with Crippen LogP contribution in [0.1, 0.15) is 24.4 Å². The maximum absolute atomic E-state index is 6.20. The molecule has 0 amide bonds. The molecule has 0 saturated carbocycles. The summed E-state index contributed by atoms with van der Waals surface area (Å²) in [6.45, 7) is 2.94. The topological polar surface area (TPSA) is 55.9 Å². The van der Waals surface area contributed by atoms with Gasteiger partial charge >= 0.3 is 0 Å². The van der Waals surface area contributed by atoms with Gasteiger partial charge < -0.3 is 4.57 Å². The Morgan fingerprint density at radius 1 is 1.42 bits per heavy atom. The Balaban J connectivity index is 2.27. The summed E-state index contributed by atoms with van der Waals surface area (Å²) in [6.07, 6.45) is 4.38. The fourth-order valence-corrected chi connectivity index (χ4v) is 2.47. The van der Waals surface area contributed by atoms with E-state index < -0.39 is 0 Å². The van der Waals surface area contributed by atoms with Crippen LogP contribution in [0.4, 0.5) is 0 Å². The number of halogens is 2. The number of nitrogens with one attached hydrogen (secondary N) is 1. The van der Waals surface area contributed by atoms with E-state index in [-0.39, 0.29) is 6.04 Å². The van der Waals surface area contributed by atoms with Crippen LogP contribution in [0.2, 0.25) is 10.0 Å². The highest BCUT2D eigenvalue weighted by Crippen LogP contribution is 2.27. The Hall–Kier alpha value is -1.07. The molecule has 1 atom stereocenters. The monoisotopic (exact) mass is 298 g/mol. The smallest absolute Gasteiger partial charge is 0.110 e. The zero-order chi connectivity index (χ0) is 13.8. The Morgan fingerprint density at radius 2 is 2.21 bits per heavy atom. The van der Waals surface area contributed by atoms with E-state index in [1.807, 2.05) is 12.3 Å². The number of imidazole rings is 1. The first kappa shape index (κ1) is 14.3. The maximum atomic E-state index is 6.20. The number of hydrazine groups is 1. The van der Waals surface area contributed by atoms with Gasteiger partial charge in [0.15, 0.2) is 0 Å². The van der Waals surface area contributed by atoms with E-state index in [2.05, 4.69) is 21.9 Å². The summed E-state index contributed by atoms with van der Waals surface area (Å²) in [7, 11) is 0. The molecule has 0 radical (unpaired) electrons. The second kappa shape index (κ2) is 6.39. The second-order valence-electron chi connectivity index (χ2n) is 4.22. The van der Waals surface area contributed by atoms with Gasteiger partial charge in [-0.2, -0.15) is 0 Å². The highest BCUT2D eigenvalue weighted by atomic mass is 35.5. The Kier molecular flexibility index (Phi) is 4.82. The van der Waals surface area contributed by atoms with Crippen molar-refractivity contribution in [3.05, 3.63) is 52.0 Å². The quantitative estimate of drug-likeness (QED) is 0.659. The average molecular weight is 299 g/mol. The minimum atomic E-state index is -0.126. The van der Waals surface area contributed by atoms with Crippen molar-refractivity contribution in [2.24, 2.45) is 5.84 Å². The van der Waals surface area contributed by atoms with Crippen LogP contribution >= 0.6 is 23.2 Å². The number of hydrogen-bond acceptors (Lipinski definition) is 3. The molecule has 0 saturated heterocycles. The van der Waals surface area contributed by atoms with E-state index in [4.69, 9.17) is 29.0 Å². The van der Waals surface area contributed by atoms with Crippen molar-refractivity contribution >= 4 is 23.2 Å². The van der Waals surface area contributed by atoms with Crippen molar-refractivity contribution in [2.45, 2.75) is 25.9 Å². The summed E-state index contributed by atoms with van der Waals surface area (Å²) >= 11 is 12.2. The maximum Gasteiger partial charge on any atom is 0.110 e. The van der Waals surface area contributed by atoms with Gasteiger partial charge in [0, 0.05) is 35.4 Å². The van der Waals surface area contributed by atoms with Crippen LogP contribution < -0.4 is 11.3 Å². The summed E-state index contributed by atoms with van der Waals surface area (Å²) in [5.74, 6) is 6.60. The molecule has 0 bridgehead atoms. The standard InChI is InChI=1S/C13H16Cl2N4/c1-2-19-6-5-17-13(19)8-12(18-16)10-7-9(14)3-4-11(10)15/h3-7,12,18H,2,8,16H2,1H3. The van der Waals surface area contributed by atoms with Gasteiger partial charge in [0.2, 0.25) is 0 Å². The Morgan fingerprint density at radius 3 is 2.89 bits per heavy atom. The highest BCUT2D eigenvalue weighted by Gasteiger charge is 2.17. The molecule has 4 nitrogen and oxygen atoms in total. The summed E-state index contributed by atoms with van der Waals surface area (Å²) in [5, 5.41) is 1.28. The molecule has 1 heterocycles. The fourth-order valence-electron chi connectivity index (χ4n) is 2.04. The molecule has 0 fully saturated rings. The molecular weight excluding hydrogens is 283 g/mol. The van der Waals surface area contributed by atoms with Crippen molar-refractivity contribution in [2.75, 3.05) is 0 Å². The van der Waals surface area contributed by atoms with Gasteiger partial charge in [0.05, 0.1) is 6.04 Å². The third-order valence-electron chi connectivity index (χ3n) is 3.06. The number of nitrogens with zero attached hydrogens (tertiary/aromatic N) is 2. The first-order valence-electron chi connectivity index (χ1n) is 6.06. The third kappa shape index (κ3) is 3.28. The lowest BCUT2D eigenvalue weighted by Gasteiger charge is -2.18. The molecular formula is C13H16Cl2N4. The largest absolute Gasteiger partial charge is 0.335 e. The summed E-state index contributed by atoms with van der Waals surface area (Å²) in [5.41, 5.74) is 3.66. The van der Waals surface area contributed by atoms with Crippen molar-refractivity contribution < 1.29 is 0 Å². The van der Waals surface area contributed by atoms with Crippen molar-refractivity contribution in [1.29, 1.82) is 0 Å². The lowest BCUT2D eigenvalue weighted by molar-refractivity contribution is 0.523. The van der Waals surface area contributed by atoms with Crippen LogP contribution in [0.15, 0.2) is 30.6 Å². The molecule has 3 N–H and O–H groups in total. The molecule has 6 heteroatoms. The lowest BCUT2D eigenvalue weighted by atomic mass is 10.0. The minimum Gasteiger partial charge on any atom is -0.335 e. The number of nitrogens with two attached hydrogens (primary N) is 1. The van der Waals surface area contributed by atoms with Crippen LogP contribution in [-0.2, 0) is 13.0 Å². The highest BCUT2D eigenvalue weighted by molar-refractivity contribution is 6.33. The predicted octanol–water partition coefficient (Wildman–Crippen LogP) is 2.96. The van der Waals surface area contributed by atoms with E-state index in [0.29, 0.717) is 16.5 Å². The van der Waals surface area contributed by atoms with Gasteiger partial charge in [-0.1, -0.05) is 23.2 Å². The molecule has 1 aromatic heterocycles. The predicted molar refractivity (Wildman–Crippen MR) is 78.1 cm³/mol. The summed E-state index contributed by atoms with van der Waals surface area (Å²) in [4.78, 5) is 4.34. The van der Waals surface area contributed by atoms with Crippen LogP contribution in [0.5, 0.6) is 0 Å². The van der Waals surface area contributed by atoms with Gasteiger partial charge in [-0.15, -0.1) is 0 Å². The zero-order valence-corrected chi connectivity index (χ0v) is 12.1. The van der Waals surface area contributed by atoms with Gasteiger partial charge in [-0.25, -0.2) is 4.98 Å². The number of aromatic nitrogens is 2. The van der Waals surface area contributed by atoms with Gasteiger partial charge in [-0.3, -0.25) is 11.3 Å². The van der Waals surface area contributed by atoms with E-state index in [1.54, 1.807) is 18.3 Å². The number of hydrogen-bond donors (Lipinski definition) is 2. The van der Waals surface area contributed by atoms with Crippen LogP contribution in [0.25, 0.3) is 0 Å². The molecule has 19 heavy (non-hydrogen) atoms. The minimum absolute atomic E-state index is 0.126. The lowest BCUT2D eigenvalue weighted by Crippen LogP contribution is -2.30. The van der Waals surface area contributed by atoms with E-state index >= 15 is 0 Å². The van der Waals surface area contributed by atoms with E-state index in [0.717, 1.165) is 17.9 Å². The number of rotatable bonds is 5. The van der Waals surface area contributed by atoms with Crippen molar-refractivity contribution in [3.8, 4) is 0 Å². The Bertz CT molecular complexity index is 553. The zero-order valence-electron chi connectivity index (χ0n) is 10.6. The normalized spacial score (nSPS) is 12.6. The van der Waals surface area contributed by atoms with Gasteiger partial charge in [0.1, 0.15) is 5.82 Å². The van der Waals surface area contributed by atoms with Crippen LogP contribution in [0.3, 0.4) is 0 Å². The summed E-state index contributed by atoms with van der Waals surface area (Å²) in [6, 6.07) is 5.23. The molecule has 2 rings (SSSR count). The number of benzene rings is 1. The number of aryl methyl sites for hydroxylation is 1. The average Bonchev–Trinajstić information content (AvgIpc) is 2.86. The van der Waals surface area contributed by atoms with E-state index in [9.17, 15) is 0 Å². The summed E-state index contributed by atoms with van der Waals surface area (Å²) < 4.78 is 2.07. The van der Waals surface area contributed by atoms with Crippen LogP contribution in [-0.4, -0.2) is 9.55 Å². The first-order valence-corrected chi connectivity index (χ1v) is 6.82.